The van der Waals surface area contributed by atoms with Gasteiger partial charge in [-0.3, -0.25) is 0 Å². The number of carbonyl (C=O) groups excluding carboxylic acids is 1. The first kappa shape index (κ1) is 20.8. The third-order valence-corrected chi connectivity index (χ3v) is 7.71. The molecule has 1 N–H and O–H groups in total. The molecule has 3 aromatic rings. The van der Waals surface area contributed by atoms with E-state index in [-0.39, 0.29) is 17.0 Å². The number of methoxy groups -OCH3 is 1. The summed E-state index contributed by atoms with van der Waals surface area (Å²) in [6, 6.07) is 10.5. The normalized spacial score (nSPS) is 11.7. The Hall–Kier alpha value is -1.94. The zero-order chi connectivity index (χ0) is 20.3. The van der Waals surface area contributed by atoms with Crippen LogP contribution >= 0.6 is 23.1 Å². The Labute approximate surface area is 172 Å². The van der Waals surface area contributed by atoms with E-state index in [1.807, 2.05) is 25.1 Å². The molecule has 0 aliphatic carbocycles. The molecule has 0 aliphatic heterocycles. The van der Waals surface area contributed by atoms with Crippen LogP contribution in [0.5, 0.6) is 0 Å². The number of carbonyl (C=O) groups is 1. The van der Waals surface area contributed by atoms with Gasteiger partial charge in [0.05, 0.1) is 27.8 Å². The molecule has 1 heterocycles. The van der Waals surface area contributed by atoms with Crippen LogP contribution in [-0.2, 0) is 14.8 Å². The number of ether oxygens (including phenoxy) is 1. The van der Waals surface area contributed by atoms with Gasteiger partial charge >= 0.3 is 5.97 Å². The number of sulfonamides is 1. The summed E-state index contributed by atoms with van der Waals surface area (Å²) < 4.78 is 34.3. The zero-order valence-corrected chi connectivity index (χ0v) is 18.1. The predicted molar refractivity (Wildman–Crippen MR) is 113 cm³/mol. The highest BCUT2D eigenvalue weighted by atomic mass is 32.2. The van der Waals surface area contributed by atoms with Crippen LogP contribution in [0.1, 0.15) is 21.5 Å². The van der Waals surface area contributed by atoms with Crippen LogP contribution in [0.2, 0.25) is 0 Å². The second kappa shape index (κ2) is 8.60. The third-order valence-electron chi connectivity index (χ3n) is 4.07. The molecule has 0 spiro atoms. The highest BCUT2D eigenvalue weighted by Gasteiger charge is 2.18. The van der Waals surface area contributed by atoms with Crippen LogP contribution in [0.4, 0.5) is 0 Å². The summed E-state index contributed by atoms with van der Waals surface area (Å²) in [5.41, 5.74) is 3.02. The van der Waals surface area contributed by atoms with Crippen molar-refractivity contribution in [1.29, 1.82) is 0 Å². The van der Waals surface area contributed by atoms with Gasteiger partial charge in [-0.25, -0.2) is 22.9 Å². The van der Waals surface area contributed by atoms with Crippen molar-refractivity contribution in [2.24, 2.45) is 0 Å². The topological polar surface area (TPSA) is 85.4 Å². The number of nitrogens with zero attached hydrogens (tertiary/aromatic N) is 1. The average Bonchev–Trinajstić information content (AvgIpc) is 3.06. The lowest BCUT2D eigenvalue weighted by molar-refractivity contribution is 0.0599. The summed E-state index contributed by atoms with van der Waals surface area (Å²) in [4.78, 5) is 16.4. The molecular weight excluding hydrogens is 416 g/mol. The van der Waals surface area contributed by atoms with E-state index in [1.165, 1.54) is 31.0 Å². The predicted octanol–water partition coefficient (Wildman–Crippen LogP) is 3.77. The summed E-state index contributed by atoms with van der Waals surface area (Å²) in [5, 5.41) is 0. The molecule has 148 valence electrons. The first-order valence-electron chi connectivity index (χ1n) is 8.49. The quantitative estimate of drug-likeness (QED) is 0.345. The van der Waals surface area contributed by atoms with Crippen molar-refractivity contribution in [3.63, 3.8) is 0 Å². The number of fused-ring (bicyclic) bond motifs is 1. The van der Waals surface area contributed by atoms with Crippen LogP contribution in [0, 0.1) is 13.8 Å². The molecule has 0 radical (unpaired) electrons. The SMILES string of the molecule is COC(=O)c1cc(S(=O)(=O)NCCSc2nc3cc(C)ccc3s2)ccc1C. The van der Waals surface area contributed by atoms with Crippen LogP contribution in [-0.4, -0.2) is 38.8 Å². The minimum atomic E-state index is -3.71. The van der Waals surface area contributed by atoms with Gasteiger partial charge in [0.2, 0.25) is 10.0 Å². The second-order valence-corrected chi connectivity index (χ2v) is 10.3. The molecule has 0 aliphatic rings. The summed E-state index contributed by atoms with van der Waals surface area (Å²) in [5.74, 6) is -0.00973. The van der Waals surface area contributed by atoms with Gasteiger partial charge in [0, 0.05) is 12.3 Å². The van der Waals surface area contributed by atoms with Crippen LogP contribution < -0.4 is 4.72 Å². The Morgan fingerprint density at radius 3 is 2.75 bits per heavy atom. The molecule has 6 nitrogen and oxygen atoms in total. The number of thioether (sulfide) groups is 1. The molecule has 0 amide bonds. The second-order valence-electron chi connectivity index (χ2n) is 6.17. The maximum absolute atomic E-state index is 12.5. The number of nitrogens with one attached hydrogen (secondary N) is 1. The van der Waals surface area contributed by atoms with E-state index in [0.29, 0.717) is 11.3 Å². The van der Waals surface area contributed by atoms with Crippen molar-refractivity contribution >= 4 is 49.3 Å². The Morgan fingerprint density at radius 2 is 2.00 bits per heavy atom. The first-order valence-corrected chi connectivity index (χ1v) is 11.8. The highest BCUT2D eigenvalue weighted by molar-refractivity contribution is 8.01. The van der Waals surface area contributed by atoms with E-state index < -0.39 is 16.0 Å². The number of hydrogen-bond acceptors (Lipinski definition) is 7. The minimum Gasteiger partial charge on any atom is -0.465 e. The van der Waals surface area contributed by atoms with Gasteiger partial charge in [-0.15, -0.1) is 11.3 Å². The fourth-order valence-corrected chi connectivity index (χ4v) is 5.73. The molecule has 1 aromatic heterocycles. The Kier molecular flexibility index (Phi) is 6.39. The van der Waals surface area contributed by atoms with Gasteiger partial charge in [0.25, 0.3) is 0 Å². The van der Waals surface area contributed by atoms with E-state index in [2.05, 4.69) is 9.71 Å². The monoisotopic (exact) mass is 436 g/mol. The number of rotatable bonds is 7. The minimum absolute atomic E-state index is 0.0407. The van der Waals surface area contributed by atoms with Gasteiger partial charge in [0.15, 0.2) is 4.34 Å². The number of thiazole rings is 1. The maximum atomic E-state index is 12.5. The molecule has 28 heavy (non-hydrogen) atoms. The molecule has 0 fully saturated rings. The largest absolute Gasteiger partial charge is 0.465 e. The lowest BCUT2D eigenvalue weighted by atomic mass is 10.1. The van der Waals surface area contributed by atoms with E-state index >= 15 is 0 Å². The molecular formula is C19H20N2O4S3. The standard InChI is InChI=1S/C19H20N2O4S3/c1-12-4-7-17-16(10-12)21-19(27-17)26-9-8-20-28(23,24)14-6-5-13(2)15(11-14)18(22)25-3/h4-7,10-11,20H,8-9H2,1-3H3. The van der Waals surface area contributed by atoms with E-state index in [0.717, 1.165) is 20.1 Å². The molecule has 9 heteroatoms. The van der Waals surface area contributed by atoms with Crippen LogP contribution in [0.3, 0.4) is 0 Å². The lowest BCUT2D eigenvalue weighted by Crippen LogP contribution is -2.26. The number of aryl methyl sites for hydroxylation is 2. The number of benzene rings is 2. The third kappa shape index (κ3) is 4.72. The summed E-state index contributed by atoms with van der Waals surface area (Å²) in [7, 11) is -2.45. The van der Waals surface area contributed by atoms with E-state index in [1.54, 1.807) is 24.3 Å². The lowest BCUT2D eigenvalue weighted by Gasteiger charge is -2.09. The van der Waals surface area contributed by atoms with Crippen LogP contribution in [0.25, 0.3) is 10.2 Å². The van der Waals surface area contributed by atoms with Crippen molar-refractivity contribution in [3.8, 4) is 0 Å². The van der Waals surface area contributed by atoms with Crippen molar-refractivity contribution < 1.29 is 17.9 Å². The fraction of sp³-hybridized carbons (Fsp3) is 0.263. The number of aromatic nitrogens is 1. The van der Waals surface area contributed by atoms with Gasteiger partial charge in [-0.1, -0.05) is 23.9 Å². The average molecular weight is 437 g/mol. The summed E-state index contributed by atoms with van der Waals surface area (Å²) in [6.07, 6.45) is 0. The van der Waals surface area contributed by atoms with E-state index in [9.17, 15) is 13.2 Å². The Morgan fingerprint density at radius 1 is 1.21 bits per heavy atom. The molecule has 0 unspecified atom stereocenters. The Bertz CT molecular complexity index is 1120. The first-order chi connectivity index (χ1) is 13.3. The van der Waals surface area contributed by atoms with Crippen molar-refractivity contribution in [3.05, 3.63) is 53.1 Å². The number of hydrogen-bond donors (Lipinski definition) is 1. The molecule has 0 atom stereocenters. The van der Waals surface area contributed by atoms with Gasteiger partial charge < -0.3 is 4.74 Å². The molecule has 3 rings (SSSR count). The number of esters is 1. The smallest absolute Gasteiger partial charge is 0.338 e. The molecule has 0 saturated carbocycles. The molecule has 0 saturated heterocycles. The Balaban J connectivity index is 1.62. The molecule has 0 bridgehead atoms. The molecule has 2 aromatic carbocycles. The van der Waals surface area contributed by atoms with E-state index in [4.69, 9.17) is 4.74 Å². The van der Waals surface area contributed by atoms with Crippen molar-refractivity contribution in [1.82, 2.24) is 9.71 Å². The van der Waals surface area contributed by atoms with Gasteiger partial charge in [-0.2, -0.15) is 0 Å². The fourth-order valence-electron chi connectivity index (χ4n) is 2.57. The van der Waals surface area contributed by atoms with Crippen molar-refractivity contribution in [2.45, 2.75) is 23.1 Å². The van der Waals surface area contributed by atoms with Crippen LogP contribution in [0.15, 0.2) is 45.6 Å². The van der Waals surface area contributed by atoms with Gasteiger partial charge in [0.1, 0.15) is 0 Å². The summed E-state index contributed by atoms with van der Waals surface area (Å²) >= 11 is 3.10. The maximum Gasteiger partial charge on any atom is 0.338 e. The zero-order valence-electron chi connectivity index (χ0n) is 15.7. The van der Waals surface area contributed by atoms with Gasteiger partial charge in [-0.05, 0) is 49.2 Å². The highest BCUT2D eigenvalue weighted by Crippen LogP contribution is 2.29. The van der Waals surface area contributed by atoms with Crippen molar-refractivity contribution in [2.75, 3.05) is 19.4 Å². The summed E-state index contributed by atoms with van der Waals surface area (Å²) in [6.45, 7) is 4.01.